The molecule has 0 N–H and O–H groups in total. The molecular weight excluding hydrogens is 348 g/mol. The Balaban J connectivity index is 1.36. The topological polar surface area (TPSA) is 49.9 Å². The number of rotatable bonds is 8. The Bertz CT molecular complexity index is 758. The average molecular weight is 375 g/mol. The summed E-state index contributed by atoms with van der Waals surface area (Å²) in [5.41, 5.74) is 0. The molecule has 140 valence electrons. The fourth-order valence-corrected chi connectivity index (χ4v) is 4.35. The van der Waals surface area contributed by atoms with Gasteiger partial charge in [-0.05, 0) is 24.3 Å². The Morgan fingerprint density at radius 1 is 0.769 bits per heavy atom. The highest BCUT2D eigenvalue weighted by Gasteiger charge is 2.20. The van der Waals surface area contributed by atoms with E-state index in [-0.39, 0.29) is 5.75 Å². The number of nitrogens with zero attached hydrogens (tertiary/aromatic N) is 2. The van der Waals surface area contributed by atoms with E-state index in [0.29, 0.717) is 18.0 Å². The number of para-hydroxylation sites is 1. The van der Waals surface area contributed by atoms with Gasteiger partial charge in [0.05, 0.1) is 10.6 Å². The van der Waals surface area contributed by atoms with Gasteiger partial charge in [0.1, 0.15) is 12.4 Å². The van der Waals surface area contributed by atoms with E-state index >= 15 is 0 Å². The number of piperazine rings is 1. The molecule has 0 radical (unpaired) electrons. The molecule has 2 aromatic rings. The molecule has 26 heavy (non-hydrogen) atoms. The summed E-state index contributed by atoms with van der Waals surface area (Å²) >= 11 is 0. The zero-order valence-electron chi connectivity index (χ0n) is 15.0. The number of benzene rings is 2. The van der Waals surface area contributed by atoms with Gasteiger partial charge in [-0.3, -0.25) is 9.80 Å². The van der Waals surface area contributed by atoms with Crippen molar-refractivity contribution < 1.29 is 13.2 Å². The normalized spacial score (nSPS) is 16.5. The SMILES string of the molecule is O=S(=O)(CCN1CCN(CCOc2ccccc2)CC1)c1ccccc1. The predicted molar refractivity (Wildman–Crippen MR) is 103 cm³/mol. The van der Waals surface area contributed by atoms with E-state index in [1.165, 1.54) is 0 Å². The first-order valence-electron chi connectivity index (χ1n) is 9.04. The molecular formula is C20H26N2O3S. The van der Waals surface area contributed by atoms with Crippen molar-refractivity contribution in [3.63, 3.8) is 0 Å². The van der Waals surface area contributed by atoms with E-state index < -0.39 is 9.84 Å². The van der Waals surface area contributed by atoms with Crippen LogP contribution in [0.4, 0.5) is 0 Å². The van der Waals surface area contributed by atoms with Crippen LogP contribution in [0.3, 0.4) is 0 Å². The first-order valence-corrected chi connectivity index (χ1v) is 10.7. The minimum atomic E-state index is -3.19. The minimum Gasteiger partial charge on any atom is -0.492 e. The molecule has 0 spiro atoms. The molecule has 0 atom stereocenters. The third kappa shape index (κ3) is 5.56. The number of hydrogen-bond donors (Lipinski definition) is 0. The summed E-state index contributed by atoms with van der Waals surface area (Å²) in [7, 11) is -3.19. The van der Waals surface area contributed by atoms with Crippen molar-refractivity contribution in [3.05, 3.63) is 60.7 Å². The highest BCUT2D eigenvalue weighted by atomic mass is 32.2. The molecule has 0 unspecified atom stereocenters. The maximum absolute atomic E-state index is 12.4. The van der Waals surface area contributed by atoms with E-state index in [4.69, 9.17) is 4.74 Å². The van der Waals surface area contributed by atoms with Crippen LogP contribution >= 0.6 is 0 Å². The molecule has 1 heterocycles. The van der Waals surface area contributed by atoms with Gasteiger partial charge in [0.25, 0.3) is 0 Å². The van der Waals surface area contributed by atoms with Crippen LogP contribution in [0.2, 0.25) is 0 Å². The van der Waals surface area contributed by atoms with Crippen LogP contribution in [-0.2, 0) is 9.84 Å². The number of sulfone groups is 1. The van der Waals surface area contributed by atoms with Crippen molar-refractivity contribution in [3.8, 4) is 5.75 Å². The summed E-state index contributed by atoms with van der Waals surface area (Å²) in [6, 6.07) is 18.5. The lowest BCUT2D eigenvalue weighted by Gasteiger charge is -2.34. The zero-order valence-corrected chi connectivity index (χ0v) is 15.8. The van der Waals surface area contributed by atoms with Crippen molar-refractivity contribution >= 4 is 9.84 Å². The lowest BCUT2D eigenvalue weighted by molar-refractivity contribution is 0.121. The summed E-state index contributed by atoms with van der Waals surface area (Å²) in [6.45, 7) is 5.85. The molecule has 2 aromatic carbocycles. The van der Waals surface area contributed by atoms with Crippen molar-refractivity contribution in [2.24, 2.45) is 0 Å². The molecule has 0 aliphatic carbocycles. The summed E-state index contributed by atoms with van der Waals surface area (Å²) in [4.78, 5) is 5.01. The van der Waals surface area contributed by atoms with Crippen LogP contribution in [0.1, 0.15) is 0 Å². The maximum atomic E-state index is 12.4. The van der Waals surface area contributed by atoms with Gasteiger partial charge >= 0.3 is 0 Å². The van der Waals surface area contributed by atoms with Crippen LogP contribution in [-0.4, -0.2) is 69.8 Å². The van der Waals surface area contributed by atoms with Crippen molar-refractivity contribution in [2.75, 3.05) is 51.6 Å². The molecule has 0 saturated carbocycles. The van der Waals surface area contributed by atoms with Gasteiger partial charge in [-0.25, -0.2) is 8.42 Å². The molecule has 1 fully saturated rings. The van der Waals surface area contributed by atoms with E-state index in [0.717, 1.165) is 38.5 Å². The molecule has 0 aromatic heterocycles. The fourth-order valence-electron chi connectivity index (χ4n) is 3.04. The number of hydrogen-bond acceptors (Lipinski definition) is 5. The molecule has 0 bridgehead atoms. The lowest BCUT2D eigenvalue weighted by atomic mass is 10.3. The Kier molecular flexibility index (Phi) is 6.66. The fraction of sp³-hybridized carbons (Fsp3) is 0.400. The van der Waals surface area contributed by atoms with Crippen molar-refractivity contribution in [1.82, 2.24) is 9.80 Å². The standard InChI is InChI=1S/C20H26N2O3S/c23-26(24,20-9-5-2-6-10-20)18-16-22-13-11-21(12-14-22)15-17-25-19-7-3-1-4-8-19/h1-10H,11-18H2. The number of ether oxygens (including phenoxy) is 1. The van der Waals surface area contributed by atoms with Gasteiger partial charge in [-0.15, -0.1) is 0 Å². The van der Waals surface area contributed by atoms with Gasteiger partial charge in [0.2, 0.25) is 0 Å². The van der Waals surface area contributed by atoms with Crippen LogP contribution < -0.4 is 4.74 Å². The third-order valence-electron chi connectivity index (χ3n) is 4.66. The molecule has 6 heteroatoms. The second kappa shape index (κ2) is 9.16. The molecule has 5 nitrogen and oxygen atoms in total. The zero-order chi connectivity index (χ0) is 18.2. The van der Waals surface area contributed by atoms with Crippen LogP contribution in [0.5, 0.6) is 5.75 Å². The van der Waals surface area contributed by atoms with Crippen molar-refractivity contribution in [2.45, 2.75) is 4.90 Å². The minimum absolute atomic E-state index is 0.175. The average Bonchev–Trinajstić information content (AvgIpc) is 2.69. The smallest absolute Gasteiger partial charge is 0.179 e. The quantitative estimate of drug-likeness (QED) is 0.709. The van der Waals surface area contributed by atoms with Crippen molar-refractivity contribution in [1.29, 1.82) is 0 Å². The van der Waals surface area contributed by atoms with E-state index in [1.807, 2.05) is 36.4 Å². The third-order valence-corrected chi connectivity index (χ3v) is 6.37. The summed E-state index contributed by atoms with van der Waals surface area (Å²) in [5.74, 6) is 1.07. The van der Waals surface area contributed by atoms with Crippen LogP contribution in [0.15, 0.2) is 65.6 Å². The molecule has 0 amide bonds. The van der Waals surface area contributed by atoms with Crippen LogP contribution in [0.25, 0.3) is 0 Å². The predicted octanol–water partition coefficient (Wildman–Crippen LogP) is 2.16. The summed E-state index contributed by atoms with van der Waals surface area (Å²) in [5, 5.41) is 0. The van der Waals surface area contributed by atoms with Gasteiger partial charge < -0.3 is 4.74 Å². The Labute approximate surface area is 156 Å². The monoisotopic (exact) mass is 374 g/mol. The Morgan fingerprint density at radius 2 is 1.31 bits per heavy atom. The van der Waals surface area contributed by atoms with Crippen LogP contribution in [0, 0.1) is 0 Å². The Morgan fingerprint density at radius 3 is 1.92 bits per heavy atom. The molecule has 1 aliphatic rings. The summed E-state index contributed by atoms with van der Waals surface area (Å²) < 4.78 is 30.5. The summed E-state index contributed by atoms with van der Waals surface area (Å²) in [6.07, 6.45) is 0. The molecule has 1 saturated heterocycles. The largest absolute Gasteiger partial charge is 0.492 e. The van der Waals surface area contributed by atoms with E-state index in [2.05, 4.69) is 9.80 Å². The highest BCUT2D eigenvalue weighted by Crippen LogP contribution is 2.12. The van der Waals surface area contributed by atoms with E-state index in [1.54, 1.807) is 24.3 Å². The molecule has 3 rings (SSSR count). The van der Waals surface area contributed by atoms with Gasteiger partial charge in [-0.1, -0.05) is 36.4 Å². The second-order valence-corrected chi connectivity index (χ2v) is 8.59. The Hall–Kier alpha value is -1.89. The van der Waals surface area contributed by atoms with E-state index in [9.17, 15) is 8.42 Å². The second-order valence-electron chi connectivity index (χ2n) is 6.48. The first-order chi connectivity index (χ1) is 12.6. The van der Waals surface area contributed by atoms with Gasteiger partial charge in [0.15, 0.2) is 9.84 Å². The van der Waals surface area contributed by atoms with Gasteiger partial charge in [-0.2, -0.15) is 0 Å². The lowest BCUT2D eigenvalue weighted by Crippen LogP contribution is -2.48. The van der Waals surface area contributed by atoms with Gasteiger partial charge in [0, 0.05) is 39.3 Å². The molecule has 1 aliphatic heterocycles. The first kappa shape index (κ1) is 18.9. The maximum Gasteiger partial charge on any atom is 0.179 e. The highest BCUT2D eigenvalue weighted by molar-refractivity contribution is 7.91.